The Hall–Kier alpha value is -1.14. The summed E-state index contributed by atoms with van der Waals surface area (Å²) < 4.78 is 15.7. The lowest BCUT2D eigenvalue weighted by Gasteiger charge is -2.26. The standard InChI is InChI=1S/C23H30NO4PS/c24-23(16-28-29(25,26)27)11-10-21(14-23)20-9-8-18-12-17(6-7-19(18)13-20)15-30-22-4-2-1-3-5-22/h1-5,8-9,13,17,21H,6-7,10-12,14-16,24H2,(H2,25,26,27)/t17-,21-,23-/m0/s1. The van der Waals surface area contributed by atoms with Gasteiger partial charge in [-0.25, -0.2) is 4.57 Å². The molecule has 3 atom stereocenters. The van der Waals surface area contributed by atoms with Crippen LogP contribution in [0.5, 0.6) is 0 Å². The molecular formula is C23H30NO4PS. The van der Waals surface area contributed by atoms with Crippen LogP contribution in [0.15, 0.2) is 53.4 Å². The summed E-state index contributed by atoms with van der Waals surface area (Å²) in [6.07, 6.45) is 5.81. The van der Waals surface area contributed by atoms with Gasteiger partial charge in [-0.2, -0.15) is 0 Å². The van der Waals surface area contributed by atoms with E-state index in [4.69, 9.17) is 20.0 Å². The van der Waals surface area contributed by atoms with Crippen LogP contribution in [0, 0.1) is 5.92 Å². The molecule has 0 aromatic heterocycles. The lowest BCUT2D eigenvalue weighted by Crippen LogP contribution is -2.41. The average molecular weight is 448 g/mol. The highest BCUT2D eigenvalue weighted by molar-refractivity contribution is 7.99. The van der Waals surface area contributed by atoms with Gasteiger partial charge in [-0.3, -0.25) is 4.52 Å². The second-order valence-corrected chi connectivity index (χ2v) is 11.2. The van der Waals surface area contributed by atoms with Crippen LogP contribution in [0.3, 0.4) is 0 Å². The van der Waals surface area contributed by atoms with Crippen molar-refractivity contribution in [3.8, 4) is 0 Å². The maximum Gasteiger partial charge on any atom is 0.469 e. The minimum Gasteiger partial charge on any atom is -0.323 e. The molecular weight excluding hydrogens is 417 g/mol. The number of nitrogens with two attached hydrogens (primary N) is 1. The Labute approximate surface area is 182 Å². The number of aryl methyl sites for hydroxylation is 1. The quantitative estimate of drug-likeness (QED) is 0.422. The normalized spacial score (nSPS) is 26.5. The molecule has 2 aliphatic carbocycles. The molecule has 2 aliphatic rings. The summed E-state index contributed by atoms with van der Waals surface area (Å²) in [5, 5.41) is 0. The molecule has 0 amide bonds. The van der Waals surface area contributed by atoms with E-state index < -0.39 is 13.4 Å². The predicted octanol–water partition coefficient (Wildman–Crippen LogP) is 4.66. The lowest BCUT2D eigenvalue weighted by molar-refractivity contribution is 0.153. The lowest BCUT2D eigenvalue weighted by atomic mass is 9.82. The Bertz CT molecular complexity index is 919. The van der Waals surface area contributed by atoms with Crippen molar-refractivity contribution in [2.24, 2.45) is 11.7 Å². The van der Waals surface area contributed by atoms with E-state index in [0.29, 0.717) is 24.7 Å². The fraction of sp³-hybridized carbons (Fsp3) is 0.478. The van der Waals surface area contributed by atoms with Crippen LogP contribution in [0.25, 0.3) is 0 Å². The van der Waals surface area contributed by atoms with E-state index in [1.54, 1.807) is 0 Å². The van der Waals surface area contributed by atoms with Gasteiger partial charge in [0, 0.05) is 16.2 Å². The van der Waals surface area contributed by atoms with Crippen molar-refractivity contribution in [3.05, 3.63) is 65.2 Å². The molecule has 4 rings (SSSR count). The summed E-state index contributed by atoms with van der Waals surface area (Å²) in [6, 6.07) is 17.5. The minimum absolute atomic E-state index is 0.0977. The maximum absolute atomic E-state index is 11.0. The highest BCUT2D eigenvalue weighted by Crippen LogP contribution is 2.44. The first-order chi connectivity index (χ1) is 14.3. The van der Waals surface area contributed by atoms with E-state index in [1.165, 1.54) is 28.0 Å². The molecule has 162 valence electrons. The molecule has 7 heteroatoms. The largest absolute Gasteiger partial charge is 0.469 e. The monoisotopic (exact) mass is 447 g/mol. The van der Waals surface area contributed by atoms with Crippen LogP contribution in [0.2, 0.25) is 0 Å². The Balaban J connectivity index is 1.34. The fourth-order valence-corrected chi connectivity index (χ4v) is 6.25. The van der Waals surface area contributed by atoms with E-state index in [-0.39, 0.29) is 6.61 Å². The van der Waals surface area contributed by atoms with Crippen LogP contribution in [0.1, 0.15) is 48.3 Å². The topological polar surface area (TPSA) is 92.8 Å². The smallest absolute Gasteiger partial charge is 0.323 e. The summed E-state index contributed by atoms with van der Waals surface area (Å²) in [6.45, 7) is -0.0977. The summed E-state index contributed by atoms with van der Waals surface area (Å²) in [7, 11) is -4.48. The van der Waals surface area contributed by atoms with Crippen molar-refractivity contribution in [3.63, 3.8) is 0 Å². The molecule has 1 saturated carbocycles. The summed E-state index contributed by atoms with van der Waals surface area (Å²) in [5.74, 6) is 2.19. The molecule has 1 fully saturated rings. The second-order valence-electron chi connectivity index (χ2n) is 8.83. The molecule has 5 nitrogen and oxygen atoms in total. The third-order valence-corrected chi connectivity index (χ3v) is 8.13. The van der Waals surface area contributed by atoms with Crippen LogP contribution < -0.4 is 5.73 Å². The number of hydrogen-bond acceptors (Lipinski definition) is 4. The molecule has 4 N–H and O–H groups in total. The molecule has 0 unspecified atom stereocenters. The van der Waals surface area contributed by atoms with Crippen molar-refractivity contribution < 1.29 is 18.9 Å². The van der Waals surface area contributed by atoms with Crippen molar-refractivity contribution >= 4 is 19.6 Å². The van der Waals surface area contributed by atoms with Crippen LogP contribution in [-0.2, 0) is 21.9 Å². The van der Waals surface area contributed by atoms with E-state index in [2.05, 4.69) is 48.5 Å². The SMILES string of the molecule is N[C@@]1(COP(=O)(O)O)CC[C@H](c2ccc3c(c2)CC[C@H](CSc2ccccc2)C3)C1. The third-order valence-electron chi connectivity index (χ3n) is 6.42. The fourth-order valence-electron chi connectivity index (χ4n) is 4.76. The summed E-state index contributed by atoms with van der Waals surface area (Å²) >= 11 is 1.95. The van der Waals surface area contributed by atoms with Crippen LogP contribution in [-0.4, -0.2) is 27.7 Å². The molecule has 0 aliphatic heterocycles. The van der Waals surface area contributed by atoms with Crippen molar-refractivity contribution in [2.45, 2.75) is 54.9 Å². The van der Waals surface area contributed by atoms with Crippen LogP contribution >= 0.6 is 19.6 Å². The first-order valence-corrected chi connectivity index (χ1v) is 13.1. The van der Waals surface area contributed by atoms with Gasteiger partial charge < -0.3 is 15.5 Å². The molecule has 0 saturated heterocycles. The molecule has 0 heterocycles. The zero-order valence-electron chi connectivity index (χ0n) is 17.1. The van der Waals surface area contributed by atoms with E-state index in [1.807, 2.05) is 11.8 Å². The van der Waals surface area contributed by atoms with Gasteiger partial charge in [0.1, 0.15) is 0 Å². The highest BCUT2D eigenvalue weighted by atomic mass is 32.2. The van der Waals surface area contributed by atoms with Gasteiger partial charge in [0.15, 0.2) is 0 Å². The zero-order valence-corrected chi connectivity index (χ0v) is 18.8. The summed E-state index contributed by atoms with van der Waals surface area (Å²) in [5.41, 5.74) is 9.91. The Morgan fingerprint density at radius 2 is 1.93 bits per heavy atom. The number of phosphoric acid groups is 1. The number of phosphoric ester groups is 1. The highest BCUT2D eigenvalue weighted by Gasteiger charge is 2.38. The zero-order chi connectivity index (χ0) is 21.2. The van der Waals surface area contributed by atoms with Crippen molar-refractivity contribution in [2.75, 3.05) is 12.4 Å². The maximum atomic E-state index is 11.0. The number of hydrogen-bond donors (Lipinski definition) is 3. The Kier molecular flexibility index (Phi) is 6.73. The van der Waals surface area contributed by atoms with Gasteiger partial charge >= 0.3 is 7.82 Å². The molecule has 0 radical (unpaired) electrons. The van der Waals surface area contributed by atoms with E-state index in [9.17, 15) is 4.57 Å². The number of thioether (sulfide) groups is 1. The van der Waals surface area contributed by atoms with Gasteiger partial charge in [0.2, 0.25) is 0 Å². The molecule has 30 heavy (non-hydrogen) atoms. The molecule has 2 aromatic carbocycles. The van der Waals surface area contributed by atoms with Gasteiger partial charge in [-0.05, 0) is 79.2 Å². The molecule has 2 aromatic rings. The van der Waals surface area contributed by atoms with Gasteiger partial charge in [-0.1, -0.05) is 36.4 Å². The Morgan fingerprint density at radius 1 is 1.13 bits per heavy atom. The average Bonchev–Trinajstić information content (AvgIpc) is 3.13. The first kappa shape index (κ1) is 22.1. The van der Waals surface area contributed by atoms with Gasteiger partial charge in [0.25, 0.3) is 0 Å². The van der Waals surface area contributed by atoms with Crippen molar-refractivity contribution in [1.82, 2.24) is 0 Å². The molecule has 0 bridgehead atoms. The summed E-state index contributed by atoms with van der Waals surface area (Å²) in [4.78, 5) is 19.3. The van der Waals surface area contributed by atoms with Crippen LogP contribution in [0.4, 0.5) is 0 Å². The molecule has 0 spiro atoms. The second kappa shape index (κ2) is 9.15. The van der Waals surface area contributed by atoms with Gasteiger partial charge in [-0.15, -0.1) is 11.8 Å². The van der Waals surface area contributed by atoms with Crippen molar-refractivity contribution in [1.29, 1.82) is 0 Å². The number of rotatable bonds is 7. The van der Waals surface area contributed by atoms with E-state index >= 15 is 0 Å². The predicted molar refractivity (Wildman–Crippen MR) is 121 cm³/mol. The minimum atomic E-state index is -4.48. The first-order valence-electron chi connectivity index (χ1n) is 10.6. The van der Waals surface area contributed by atoms with E-state index in [0.717, 1.165) is 25.0 Å². The Morgan fingerprint density at radius 3 is 2.70 bits per heavy atom. The third kappa shape index (κ3) is 5.76. The van der Waals surface area contributed by atoms with Gasteiger partial charge in [0.05, 0.1) is 6.61 Å². The number of benzene rings is 2. The number of fused-ring (bicyclic) bond motifs is 1.